The SMILES string of the molecule is O=C(O)c1ccccc1C(=O)N1CCN(C(=O)c2ccc3c(c2)OCO3)CC1. The van der Waals surface area contributed by atoms with Crippen molar-refractivity contribution in [2.45, 2.75) is 0 Å². The molecule has 0 spiro atoms. The second-order valence-electron chi connectivity index (χ2n) is 6.50. The van der Waals surface area contributed by atoms with E-state index in [4.69, 9.17) is 9.47 Å². The van der Waals surface area contributed by atoms with Crippen molar-refractivity contribution in [1.29, 1.82) is 0 Å². The van der Waals surface area contributed by atoms with Gasteiger partial charge in [0.25, 0.3) is 11.8 Å². The Balaban J connectivity index is 1.43. The maximum atomic E-state index is 12.7. The Labute approximate surface area is 160 Å². The van der Waals surface area contributed by atoms with Crippen LogP contribution in [0, 0.1) is 0 Å². The van der Waals surface area contributed by atoms with E-state index in [0.29, 0.717) is 43.2 Å². The molecule has 1 saturated heterocycles. The van der Waals surface area contributed by atoms with Gasteiger partial charge in [0.2, 0.25) is 6.79 Å². The number of benzene rings is 2. The lowest BCUT2D eigenvalue weighted by atomic mass is 10.1. The molecule has 0 aliphatic carbocycles. The average Bonchev–Trinajstić information content (AvgIpc) is 3.20. The molecule has 144 valence electrons. The number of hydrogen-bond donors (Lipinski definition) is 1. The number of carboxylic acid groups (broad SMARTS) is 1. The molecule has 2 aliphatic heterocycles. The van der Waals surface area contributed by atoms with Gasteiger partial charge in [-0.15, -0.1) is 0 Å². The highest BCUT2D eigenvalue weighted by Gasteiger charge is 2.28. The fourth-order valence-electron chi connectivity index (χ4n) is 3.35. The van der Waals surface area contributed by atoms with Crippen LogP contribution >= 0.6 is 0 Å². The van der Waals surface area contributed by atoms with E-state index < -0.39 is 5.97 Å². The standard InChI is InChI=1S/C20H18N2O6/c23-18(13-5-6-16-17(11-13)28-12-27-16)21-7-9-22(10-8-21)19(24)14-3-1-2-4-15(14)20(25)26/h1-6,11H,7-10,12H2,(H,25,26). The van der Waals surface area contributed by atoms with Gasteiger partial charge in [-0.25, -0.2) is 4.79 Å². The van der Waals surface area contributed by atoms with E-state index in [9.17, 15) is 19.5 Å². The van der Waals surface area contributed by atoms with Crippen molar-refractivity contribution in [3.63, 3.8) is 0 Å². The Hall–Kier alpha value is -3.55. The largest absolute Gasteiger partial charge is 0.478 e. The number of carbonyl (C=O) groups excluding carboxylic acids is 2. The third-order valence-electron chi connectivity index (χ3n) is 4.86. The quantitative estimate of drug-likeness (QED) is 0.868. The second kappa shape index (κ2) is 7.22. The Morgan fingerprint density at radius 3 is 2.07 bits per heavy atom. The van der Waals surface area contributed by atoms with Gasteiger partial charge in [-0.2, -0.15) is 0 Å². The van der Waals surface area contributed by atoms with E-state index in [2.05, 4.69) is 0 Å². The summed E-state index contributed by atoms with van der Waals surface area (Å²) >= 11 is 0. The van der Waals surface area contributed by atoms with Crippen LogP contribution in [0.25, 0.3) is 0 Å². The van der Waals surface area contributed by atoms with Crippen LogP contribution in [0.3, 0.4) is 0 Å². The number of carbonyl (C=O) groups is 3. The zero-order valence-electron chi connectivity index (χ0n) is 15.0. The molecule has 0 aromatic heterocycles. The molecule has 28 heavy (non-hydrogen) atoms. The minimum absolute atomic E-state index is 0.0219. The van der Waals surface area contributed by atoms with Crippen LogP contribution in [0.4, 0.5) is 0 Å². The van der Waals surface area contributed by atoms with Gasteiger partial charge in [0.05, 0.1) is 11.1 Å². The van der Waals surface area contributed by atoms with E-state index in [1.807, 2.05) is 0 Å². The van der Waals surface area contributed by atoms with Crippen molar-refractivity contribution in [2.75, 3.05) is 33.0 Å². The molecule has 8 heteroatoms. The Morgan fingerprint density at radius 1 is 0.786 bits per heavy atom. The first-order chi connectivity index (χ1) is 13.5. The third-order valence-corrected chi connectivity index (χ3v) is 4.86. The topological polar surface area (TPSA) is 96.4 Å². The van der Waals surface area contributed by atoms with E-state index in [-0.39, 0.29) is 29.7 Å². The number of carboxylic acids is 1. The summed E-state index contributed by atoms with van der Waals surface area (Å²) in [6.45, 7) is 1.56. The van der Waals surface area contributed by atoms with Crippen LogP contribution in [0.1, 0.15) is 31.1 Å². The van der Waals surface area contributed by atoms with E-state index in [1.165, 1.54) is 12.1 Å². The van der Waals surface area contributed by atoms with Gasteiger partial charge < -0.3 is 24.4 Å². The van der Waals surface area contributed by atoms with Gasteiger partial charge in [0, 0.05) is 31.7 Å². The van der Waals surface area contributed by atoms with Gasteiger partial charge in [0.15, 0.2) is 11.5 Å². The van der Waals surface area contributed by atoms with E-state index >= 15 is 0 Å². The number of fused-ring (bicyclic) bond motifs is 1. The number of rotatable bonds is 3. The summed E-state index contributed by atoms with van der Waals surface area (Å²) in [5.74, 6) is -0.459. The highest BCUT2D eigenvalue weighted by atomic mass is 16.7. The van der Waals surface area contributed by atoms with Crippen molar-refractivity contribution in [1.82, 2.24) is 9.80 Å². The molecule has 0 atom stereocenters. The predicted octanol–water partition coefficient (Wildman–Crippen LogP) is 1.71. The summed E-state index contributed by atoms with van der Waals surface area (Å²) in [7, 11) is 0. The lowest BCUT2D eigenvalue weighted by molar-refractivity contribution is 0.0531. The molecule has 8 nitrogen and oxygen atoms in total. The van der Waals surface area contributed by atoms with Crippen molar-refractivity contribution in [3.8, 4) is 11.5 Å². The fourth-order valence-corrected chi connectivity index (χ4v) is 3.35. The lowest BCUT2D eigenvalue weighted by Crippen LogP contribution is -2.50. The number of amides is 2. The molecule has 2 aromatic rings. The zero-order chi connectivity index (χ0) is 19.7. The van der Waals surface area contributed by atoms with Crippen LogP contribution in [0.5, 0.6) is 11.5 Å². The van der Waals surface area contributed by atoms with Gasteiger partial charge in [-0.05, 0) is 30.3 Å². The van der Waals surface area contributed by atoms with Crippen molar-refractivity contribution in [3.05, 3.63) is 59.2 Å². The smallest absolute Gasteiger partial charge is 0.336 e. The summed E-state index contributed by atoms with van der Waals surface area (Å²) < 4.78 is 10.6. The minimum Gasteiger partial charge on any atom is -0.478 e. The third kappa shape index (κ3) is 3.24. The number of piperazine rings is 1. The monoisotopic (exact) mass is 382 g/mol. The van der Waals surface area contributed by atoms with Crippen molar-refractivity contribution < 1.29 is 29.0 Å². The molecule has 0 saturated carbocycles. The summed E-state index contributed by atoms with van der Waals surface area (Å²) in [6.07, 6.45) is 0. The first-order valence-electron chi connectivity index (χ1n) is 8.85. The summed E-state index contributed by atoms with van der Waals surface area (Å²) in [4.78, 5) is 40.1. The molecular weight excluding hydrogens is 364 g/mol. The lowest BCUT2D eigenvalue weighted by Gasteiger charge is -2.35. The Kier molecular flexibility index (Phi) is 4.60. The molecule has 2 aromatic carbocycles. The predicted molar refractivity (Wildman–Crippen MR) is 97.8 cm³/mol. The van der Waals surface area contributed by atoms with Gasteiger partial charge in [0.1, 0.15) is 0 Å². The van der Waals surface area contributed by atoms with Crippen molar-refractivity contribution >= 4 is 17.8 Å². The molecule has 0 unspecified atom stereocenters. The molecule has 2 amide bonds. The number of nitrogens with zero attached hydrogens (tertiary/aromatic N) is 2. The summed E-state index contributed by atoms with van der Waals surface area (Å²) in [5.41, 5.74) is 0.636. The van der Waals surface area contributed by atoms with Gasteiger partial charge in [-0.3, -0.25) is 9.59 Å². The van der Waals surface area contributed by atoms with Crippen LogP contribution in [0.2, 0.25) is 0 Å². The van der Waals surface area contributed by atoms with Crippen LogP contribution in [-0.4, -0.2) is 65.7 Å². The molecule has 2 aliphatic rings. The van der Waals surface area contributed by atoms with E-state index in [1.54, 1.807) is 40.1 Å². The highest BCUT2D eigenvalue weighted by Crippen LogP contribution is 2.32. The molecule has 2 heterocycles. The molecule has 0 radical (unpaired) electrons. The first kappa shape index (κ1) is 17.8. The Bertz CT molecular complexity index is 949. The number of aromatic carboxylic acids is 1. The van der Waals surface area contributed by atoms with Gasteiger partial charge >= 0.3 is 5.97 Å². The molecule has 1 N–H and O–H groups in total. The van der Waals surface area contributed by atoms with Crippen LogP contribution in [-0.2, 0) is 0 Å². The van der Waals surface area contributed by atoms with E-state index in [0.717, 1.165) is 0 Å². The number of hydrogen-bond acceptors (Lipinski definition) is 5. The molecule has 4 rings (SSSR count). The average molecular weight is 382 g/mol. The fraction of sp³-hybridized carbons (Fsp3) is 0.250. The first-order valence-corrected chi connectivity index (χ1v) is 8.85. The van der Waals surface area contributed by atoms with Gasteiger partial charge in [-0.1, -0.05) is 12.1 Å². The maximum absolute atomic E-state index is 12.7. The minimum atomic E-state index is -1.14. The van der Waals surface area contributed by atoms with Crippen molar-refractivity contribution in [2.24, 2.45) is 0 Å². The molecule has 1 fully saturated rings. The Morgan fingerprint density at radius 2 is 1.39 bits per heavy atom. The van der Waals surface area contributed by atoms with Crippen LogP contribution < -0.4 is 9.47 Å². The molecular formula is C20H18N2O6. The second-order valence-corrected chi connectivity index (χ2v) is 6.50. The number of ether oxygens (including phenoxy) is 2. The highest BCUT2D eigenvalue weighted by molar-refractivity contribution is 6.05. The summed E-state index contributed by atoms with van der Waals surface area (Å²) in [6, 6.07) is 11.2. The zero-order valence-corrected chi connectivity index (χ0v) is 15.0. The summed E-state index contributed by atoms with van der Waals surface area (Å²) in [5, 5.41) is 9.28. The normalized spacial score (nSPS) is 15.4. The maximum Gasteiger partial charge on any atom is 0.336 e. The molecule has 0 bridgehead atoms. The van der Waals surface area contributed by atoms with Crippen LogP contribution in [0.15, 0.2) is 42.5 Å².